The Bertz CT molecular complexity index is 823. The van der Waals surface area contributed by atoms with Gasteiger partial charge in [-0.2, -0.15) is 0 Å². The summed E-state index contributed by atoms with van der Waals surface area (Å²) >= 11 is 0. The molecule has 0 spiro atoms. The van der Waals surface area contributed by atoms with E-state index in [0.717, 1.165) is 12.0 Å². The number of nitrogens with two attached hydrogens (primary N) is 1. The summed E-state index contributed by atoms with van der Waals surface area (Å²) in [7, 11) is 0. The van der Waals surface area contributed by atoms with Gasteiger partial charge in [-0.3, -0.25) is 4.79 Å². The van der Waals surface area contributed by atoms with Crippen molar-refractivity contribution in [1.29, 1.82) is 0 Å². The van der Waals surface area contributed by atoms with Crippen LogP contribution in [0.2, 0.25) is 0 Å². The van der Waals surface area contributed by atoms with Gasteiger partial charge in [0.1, 0.15) is 12.2 Å². The maximum absolute atomic E-state index is 11.5. The lowest BCUT2D eigenvalue weighted by molar-refractivity contribution is -0.142. The Morgan fingerprint density at radius 2 is 1.71 bits per heavy atom. The van der Waals surface area contributed by atoms with Crippen LogP contribution in [0.1, 0.15) is 80.6 Å². The van der Waals surface area contributed by atoms with E-state index in [2.05, 4.69) is 0 Å². The van der Waals surface area contributed by atoms with Gasteiger partial charge in [-0.25, -0.2) is 4.79 Å². The number of ether oxygens (including phenoxy) is 2. The maximum Gasteiger partial charge on any atom is 0.404 e. The van der Waals surface area contributed by atoms with E-state index >= 15 is 0 Å². The van der Waals surface area contributed by atoms with Crippen LogP contribution < -0.4 is 5.73 Å². The minimum absolute atomic E-state index is 0.0904. The van der Waals surface area contributed by atoms with E-state index in [4.69, 9.17) is 15.2 Å². The standard InChI is InChI=1S/C30H51NO7/c1-8-9-10-20(4)29(38-30(31)36)23(7)28(35)22(6)16-18(2)15-21(5)27(34)19(3)11-12-24(32)17-25-13-14-26(33)37-25/h9-12,15,19-25,27-29,32,34-35H,8,13-14,16-17H2,1-7H3,(H2,31,36)/b10-9-,12-11-,18-15-/t19-,20-,21-,22-,23-,24+,25?,27-,28+,29-/m0/s1. The van der Waals surface area contributed by atoms with Crippen molar-refractivity contribution in [2.45, 2.75) is 111 Å². The molecule has 0 saturated carbocycles. The van der Waals surface area contributed by atoms with Crippen LogP contribution in [0.4, 0.5) is 4.79 Å². The maximum atomic E-state index is 11.5. The van der Waals surface area contributed by atoms with E-state index in [1.54, 1.807) is 12.2 Å². The molecule has 1 amide bonds. The number of cyclic esters (lactones) is 1. The lowest BCUT2D eigenvalue weighted by Crippen LogP contribution is -2.41. The van der Waals surface area contributed by atoms with Gasteiger partial charge in [-0.15, -0.1) is 0 Å². The SMILES string of the molecule is CC/C=C\[C@H](C)[C@H](OC(N)=O)[C@@H](C)[C@H](O)[C@@H](C)C/C(C)=C\[C@H](C)[C@@H](O)[C@@H](C)/C=C\[C@@H](O)CC1CCC(=O)O1. The van der Waals surface area contributed by atoms with E-state index in [9.17, 15) is 24.9 Å². The molecule has 8 nitrogen and oxygen atoms in total. The highest BCUT2D eigenvalue weighted by Crippen LogP contribution is 2.29. The fraction of sp³-hybridized carbons (Fsp3) is 0.733. The molecular formula is C30H51NO7. The first kappa shape index (κ1) is 33.9. The van der Waals surface area contributed by atoms with Crippen molar-refractivity contribution in [3.63, 3.8) is 0 Å². The van der Waals surface area contributed by atoms with Crippen molar-refractivity contribution < 1.29 is 34.4 Å². The lowest BCUT2D eigenvalue weighted by atomic mass is 9.81. The average Bonchev–Trinajstić information content (AvgIpc) is 3.26. The van der Waals surface area contributed by atoms with Crippen LogP contribution in [-0.4, -0.2) is 57.9 Å². The highest BCUT2D eigenvalue weighted by molar-refractivity contribution is 5.71. The van der Waals surface area contributed by atoms with Gasteiger partial charge in [0.25, 0.3) is 0 Å². The zero-order chi connectivity index (χ0) is 29.0. The molecule has 1 saturated heterocycles. The Morgan fingerprint density at radius 3 is 2.26 bits per heavy atom. The van der Waals surface area contributed by atoms with E-state index in [0.29, 0.717) is 25.7 Å². The van der Waals surface area contributed by atoms with E-state index < -0.39 is 30.5 Å². The van der Waals surface area contributed by atoms with Gasteiger partial charge < -0.3 is 30.5 Å². The summed E-state index contributed by atoms with van der Waals surface area (Å²) in [4.78, 5) is 22.7. The van der Waals surface area contributed by atoms with E-state index in [-0.39, 0.29) is 41.7 Å². The van der Waals surface area contributed by atoms with Crippen molar-refractivity contribution in [1.82, 2.24) is 0 Å². The third-order valence-electron chi connectivity index (χ3n) is 7.46. The second kappa shape index (κ2) is 16.7. The number of hydrogen-bond acceptors (Lipinski definition) is 7. The number of carbonyl (C=O) groups excluding carboxylic acids is 2. The van der Waals surface area contributed by atoms with Crippen molar-refractivity contribution >= 4 is 12.1 Å². The number of allylic oxidation sites excluding steroid dienone is 2. The summed E-state index contributed by atoms with van der Waals surface area (Å²) < 4.78 is 10.5. The molecule has 10 atom stereocenters. The molecule has 1 fully saturated rings. The highest BCUT2D eigenvalue weighted by atomic mass is 16.6. The normalized spacial score (nSPS) is 23.9. The molecule has 218 valence electrons. The Balaban J connectivity index is 2.70. The Hall–Kier alpha value is -2.16. The number of aliphatic hydroxyl groups excluding tert-OH is 3. The molecule has 0 bridgehead atoms. The molecule has 1 heterocycles. The Labute approximate surface area is 229 Å². The predicted molar refractivity (Wildman–Crippen MR) is 149 cm³/mol. The summed E-state index contributed by atoms with van der Waals surface area (Å²) in [5.74, 6) is -1.08. The molecule has 0 aromatic heterocycles. The molecule has 1 rings (SSSR count). The van der Waals surface area contributed by atoms with E-state index in [1.165, 1.54) is 0 Å². The van der Waals surface area contributed by atoms with Crippen LogP contribution in [0.5, 0.6) is 0 Å². The summed E-state index contributed by atoms with van der Waals surface area (Å²) in [5.41, 5.74) is 6.35. The molecule has 5 N–H and O–H groups in total. The van der Waals surface area contributed by atoms with Crippen molar-refractivity contribution in [3.8, 4) is 0 Å². The summed E-state index contributed by atoms with van der Waals surface area (Å²) in [6.45, 7) is 13.6. The molecular weight excluding hydrogens is 486 g/mol. The van der Waals surface area contributed by atoms with E-state index in [1.807, 2.05) is 66.7 Å². The van der Waals surface area contributed by atoms with Crippen LogP contribution in [0.3, 0.4) is 0 Å². The van der Waals surface area contributed by atoms with Crippen LogP contribution in [-0.2, 0) is 14.3 Å². The van der Waals surface area contributed by atoms with Crippen LogP contribution >= 0.6 is 0 Å². The Morgan fingerprint density at radius 1 is 1.05 bits per heavy atom. The number of amides is 1. The van der Waals surface area contributed by atoms with Crippen molar-refractivity contribution in [2.24, 2.45) is 35.3 Å². The van der Waals surface area contributed by atoms with Gasteiger partial charge in [-0.1, -0.05) is 77.5 Å². The molecule has 0 aromatic rings. The number of aliphatic hydroxyl groups is 3. The number of rotatable bonds is 16. The quantitative estimate of drug-likeness (QED) is 0.166. The van der Waals surface area contributed by atoms with Gasteiger partial charge >= 0.3 is 12.1 Å². The monoisotopic (exact) mass is 537 g/mol. The highest BCUT2D eigenvalue weighted by Gasteiger charge is 2.33. The molecule has 0 radical (unpaired) electrons. The average molecular weight is 538 g/mol. The van der Waals surface area contributed by atoms with Crippen molar-refractivity contribution in [2.75, 3.05) is 0 Å². The number of primary amides is 1. The largest absolute Gasteiger partial charge is 0.462 e. The summed E-state index contributed by atoms with van der Waals surface area (Å²) in [6.07, 6.45) is 8.57. The summed E-state index contributed by atoms with van der Waals surface area (Å²) in [5, 5.41) is 32.1. The molecule has 1 aliphatic rings. The van der Waals surface area contributed by atoms with Gasteiger partial charge in [0.05, 0.1) is 18.3 Å². The van der Waals surface area contributed by atoms with Gasteiger partial charge in [0.15, 0.2) is 0 Å². The zero-order valence-electron chi connectivity index (χ0n) is 24.2. The minimum Gasteiger partial charge on any atom is -0.462 e. The van der Waals surface area contributed by atoms with Crippen LogP contribution in [0, 0.1) is 29.6 Å². The van der Waals surface area contributed by atoms with Crippen LogP contribution in [0.25, 0.3) is 0 Å². The van der Waals surface area contributed by atoms with Gasteiger partial charge in [0.2, 0.25) is 0 Å². The minimum atomic E-state index is -0.852. The molecule has 38 heavy (non-hydrogen) atoms. The summed E-state index contributed by atoms with van der Waals surface area (Å²) in [6, 6.07) is 0. The number of esters is 1. The third-order valence-corrected chi connectivity index (χ3v) is 7.46. The second-order valence-corrected chi connectivity index (χ2v) is 11.2. The number of hydrogen-bond donors (Lipinski definition) is 4. The first-order valence-corrected chi connectivity index (χ1v) is 14.0. The fourth-order valence-corrected chi connectivity index (χ4v) is 5.24. The number of carbonyl (C=O) groups is 2. The topological polar surface area (TPSA) is 139 Å². The molecule has 0 aliphatic carbocycles. The lowest BCUT2D eigenvalue weighted by Gasteiger charge is -2.33. The van der Waals surface area contributed by atoms with Crippen molar-refractivity contribution in [3.05, 3.63) is 36.0 Å². The van der Waals surface area contributed by atoms with Gasteiger partial charge in [0, 0.05) is 36.5 Å². The predicted octanol–water partition coefficient (Wildman–Crippen LogP) is 4.67. The molecule has 1 aliphatic heterocycles. The smallest absolute Gasteiger partial charge is 0.404 e. The first-order chi connectivity index (χ1) is 17.8. The molecule has 8 heteroatoms. The first-order valence-electron chi connectivity index (χ1n) is 14.0. The second-order valence-electron chi connectivity index (χ2n) is 11.2. The zero-order valence-corrected chi connectivity index (χ0v) is 24.2. The molecule has 0 aromatic carbocycles. The Kier molecular flexibility index (Phi) is 14.9. The fourth-order valence-electron chi connectivity index (χ4n) is 5.24. The third kappa shape index (κ3) is 11.7. The van der Waals surface area contributed by atoms with Crippen LogP contribution in [0.15, 0.2) is 36.0 Å². The molecule has 1 unspecified atom stereocenters. The van der Waals surface area contributed by atoms with Gasteiger partial charge in [-0.05, 0) is 32.1 Å².